The van der Waals surface area contributed by atoms with Gasteiger partial charge in [-0.2, -0.15) is 0 Å². The Morgan fingerprint density at radius 2 is 0.694 bits per heavy atom. The summed E-state index contributed by atoms with van der Waals surface area (Å²) >= 11 is 0. The van der Waals surface area contributed by atoms with E-state index in [-0.39, 0.29) is 12.5 Å². The topological polar surface area (TPSA) is 149 Å². The fourth-order valence-corrected chi connectivity index (χ4v) is 12.1. The second kappa shape index (κ2) is 65.1. The molecule has 1 saturated heterocycles. The van der Waals surface area contributed by atoms with Crippen LogP contribution < -0.4 is 5.32 Å². The Morgan fingerprint density at radius 3 is 1.02 bits per heavy atom. The lowest BCUT2D eigenvalue weighted by atomic mass is 9.99. The highest BCUT2D eigenvalue weighted by molar-refractivity contribution is 5.76. The third kappa shape index (κ3) is 53.7. The van der Waals surface area contributed by atoms with Gasteiger partial charge in [0.05, 0.1) is 25.4 Å². The molecule has 1 aliphatic heterocycles. The van der Waals surface area contributed by atoms with E-state index in [2.05, 4.69) is 55.6 Å². The van der Waals surface area contributed by atoms with E-state index in [4.69, 9.17) is 9.47 Å². The summed E-state index contributed by atoms with van der Waals surface area (Å²) in [6.07, 6.45) is 82.3. The summed E-state index contributed by atoms with van der Waals surface area (Å²) in [7, 11) is 0. The smallest absolute Gasteiger partial charge is 0.220 e. The number of hydrogen-bond acceptors (Lipinski definition) is 8. The van der Waals surface area contributed by atoms with Gasteiger partial charge in [-0.05, 0) is 57.8 Å². The van der Waals surface area contributed by atoms with Gasteiger partial charge in [0.15, 0.2) is 6.29 Å². The zero-order chi connectivity index (χ0) is 61.4. The molecule has 0 saturated carbocycles. The average Bonchev–Trinajstić information content (AvgIpc) is 3.71. The minimum atomic E-state index is -1.57. The highest BCUT2D eigenvalue weighted by atomic mass is 16.7. The van der Waals surface area contributed by atoms with E-state index in [0.717, 1.165) is 51.4 Å². The lowest BCUT2D eigenvalue weighted by Gasteiger charge is -2.40. The van der Waals surface area contributed by atoms with Crippen molar-refractivity contribution in [1.29, 1.82) is 0 Å². The summed E-state index contributed by atoms with van der Waals surface area (Å²) in [4.78, 5) is 13.2. The zero-order valence-electron chi connectivity index (χ0n) is 56.1. The summed E-state index contributed by atoms with van der Waals surface area (Å²) < 4.78 is 11.3. The Balaban J connectivity index is 2.09. The monoisotopic (exact) mass is 1200 g/mol. The average molecular weight is 1200 g/mol. The van der Waals surface area contributed by atoms with Crippen LogP contribution in [-0.2, 0) is 14.3 Å². The maximum absolute atomic E-state index is 13.2. The summed E-state index contributed by atoms with van der Waals surface area (Å²) in [6, 6.07) is -0.806. The predicted octanol–water partition coefficient (Wildman–Crippen LogP) is 20.8. The molecule has 0 aromatic rings. The molecule has 0 bridgehead atoms. The molecule has 7 unspecified atom stereocenters. The van der Waals surface area contributed by atoms with Crippen molar-refractivity contribution >= 4 is 5.91 Å². The molecule has 1 heterocycles. The molecule has 0 aromatic carbocycles. The number of allylic oxidation sites excluding steroid dienone is 7. The first-order valence-electron chi connectivity index (χ1n) is 37.4. The highest BCUT2D eigenvalue weighted by Crippen LogP contribution is 2.24. The number of carbonyl (C=O) groups excluding carboxylic acids is 1. The van der Waals surface area contributed by atoms with Crippen LogP contribution in [0.2, 0.25) is 0 Å². The molecule has 0 radical (unpaired) electrons. The van der Waals surface area contributed by atoms with E-state index in [0.29, 0.717) is 6.42 Å². The van der Waals surface area contributed by atoms with Crippen LogP contribution in [0.15, 0.2) is 48.6 Å². The first-order chi connectivity index (χ1) is 41.8. The predicted molar refractivity (Wildman–Crippen MR) is 364 cm³/mol. The van der Waals surface area contributed by atoms with Gasteiger partial charge in [0, 0.05) is 6.42 Å². The highest BCUT2D eigenvalue weighted by Gasteiger charge is 2.44. The summed E-state index contributed by atoms with van der Waals surface area (Å²) in [6.45, 7) is 3.82. The van der Waals surface area contributed by atoms with Crippen LogP contribution in [0.4, 0.5) is 0 Å². The molecular formula is C76H143NO8. The lowest BCUT2D eigenvalue weighted by Crippen LogP contribution is -2.60. The molecule has 1 aliphatic rings. The third-order valence-electron chi connectivity index (χ3n) is 17.9. The van der Waals surface area contributed by atoms with Gasteiger partial charge in [-0.15, -0.1) is 0 Å². The van der Waals surface area contributed by atoms with Gasteiger partial charge in [-0.1, -0.05) is 358 Å². The first kappa shape index (κ1) is 81.2. The number of amides is 1. The van der Waals surface area contributed by atoms with E-state index >= 15 is 0 Å². The fraction of sp³-hybridized carbons (Fsp3) is 0.882. The number of hydrogen-bond donors (Lipinski definition) is 6. The third-order valence-corrected chi connectivity index (χ3v) is 17.9. The lowest BCUT2D eigenvalue weighted by molar-refractivity contribution is -0.302. The van der Waals surface area contributed by atoms with Gasteiger partial charge in [0.2, 0.25) is 5.91 Å². The molecule has 1 amide bonds. The molecule has 0 spiro atoms. The molecule has 1 fully saturated rings. The SMILES string of the molecule is CCCCCCC/C=C\C/C=C\C/C=C\CCCCCCCCCCCCCCCCCCCCCCC(=O)NC(COC1OC(CO)C(O)C(O)C1O)C(O)/C=C/CCCCCCCCCCCCCCCCCCCCCCCCCCC. The van der Waals surface area contributed by atoms with E-state index in [9.17, 15) is 30.3 Å². The molecule has 500 valence electrons. The summed E-state index contributed by atoms with van der Waals surface area (Å²) in [5.41, 5.74) is 0. The number of unbranched alkanes of at least 4 members (excludes halogenated alkanes) is 50. The Labute approximate surface area is 526 Å². The Bertz CT molecular complexity index is 1480. The minimum absolute atomic E-state index is 0.170. The molecule has 9 heteroatoms. The summed E-state index contributed by atoms with van der Waals surface area (Å²) in [5, 5.41) is 54.8. The number of ether oxygens (including phenoxy) is 2. The van der Waals surface area contributed by atoms with Crippen LogP contribution in [0.25, 0.3) is 0 Å². The van der Waals surface area contributed by atoms with Crippen molar-refractivity contribution in [3.8, 4) is 0 Å². The van der Waals surface area contributed by atoms with Crippen LogP contribution >= 0.6 is 0 Å². The van der Waals surface area contributed by atoms with E-state index < -0.39 is 49.5 Å². The van der Waals surface area contributed by atoms with Gasteiger partial charge in [-0.25, -0.2) is 0 Å². The molecule has 0 aromatic heterocycles. The van der Waals surface area contributed by atoms with E-state index in [1.165, 1.54) is 302 Å². The molecule has 6 N–H and O–H groups in total. The van der Waals surface area contributed by atoms with Gasteiger partial charge in [0.25, 0.3) is 0 Å². The molecular weight excluding hydrogens is 1050 g/mol. The van der Waals surface area contributed by atoms with Gasteiger partial charge < -0.3 is 40.3 Å². The summed E-state index contributed by atoms with van der Waals surface area (Å²) in [5.74, 6) is -0.170. The van der Waals surface area contributed by atoms with Crippen LogP contribution in [0, 0.1) is 0 Å². The van der Waals surface area contributed by atoms with Crippen LogP contribution in [0.3, 0.4) is 0 Å². The molecule has 7 atom stereocenters. The largest absolute Gasteiger partial charge is 0.394 e. The maximum Gasteiger partial charge on any atom is 0.220 e. The molecule has 9 nitrogen and oxygen atoms in total. The van der Waals surface area contributed by atoms with Crippen molar-refractivity contribution in [2.45, 2.75) is 416 Å². The Morgan fingerprint density at radius 1 is 0.400 bits per heavy atom. The fourth-order valence-electron chi connectivity index (χ4n) is 12.1. The second-order valence-electron chi connectivity index (χ2n) is 26.1. The van der Waals surface area contributed by atoms with Crippen LogP contribution in [0.1, 0.15) is 373 Å². The van der Waals surface area contributed by atoms with Gasteiger partial charge in [0.1, 0.15) is 24.4 Å². The quantitative estimate of drug-likeness (QED) is 0.0261. The number of carbonyl (C=O) groups is 1. The van der Waals surface area contributed by atoms with Crippen molar-refractivity contribution in [3.63, 3.8) is 0 Å². The van der Waals surface area contributed by atoms with Crippen molar-refractivity contribution < 1.29 is 39.8 Å². The van der Waals surface area contributed by atoms with Crippen molar-refractivity contribution in [2.24, 2.45) is 0 Å². The zero-order valence-corrected chi connectivity index (χ0v) is 56.1. The van der Waals surface area contributed by atoms with Crippen molar-refractivity contribution in [3.05, 3.63) is 48.6 Å². The Hall–Kier alpha value is -1.85. The standard InChI is InChI=1S/C76H143NO8/c1-3-5-7-9-11-13-15-17-19-21-23-25-27-29-31-32-33-34-35-36-37-38-40-42-44-46-48-50-52-54-56-58-60-62-64-66-72(80)77-69(68-84-76-75(83)74(82)73(81)71(67-78)85-76)70(79)65-63-61-59-57-55-53-51-49-47-45-43-41-39-30-28-26-24-22-20-18-16-14-12-10-8-6-4-2/h15,17,21,23,27,29,63,65,69-71,73-76,78-79,81-83H,3-14,16,18-20,22,24-26,28,30-62,64,66-68H2,1-2H3,(H,77,80)/b17-15-,23-21-,29-27-,65-63+. The number of aliphatic hydroxyl groups is 5. The number of rotatable bonds is 66. The van der Waals surface area contributed by atoms with E-state index in [1.807, 2.05) is 6.08 Å². The van der Waals surface area contributed by atoms with Gasteiger partial charge in [-0.3, -0.25) is 4.79 Å². The van der Waals surface area contributed by atoms with Crippen LogP contribution in [-0.4, -0.2) is 87.5 Å². The Kier molecular flexibility index (Phi) is 62.2. The second-order valence-corrected chi connectivity index (χ2v) is 26.1. The van der Waals surface area contributed by atoms with E-state index in [1.54, 1.807) is 6.08 Å². The van der Waals surface area contributed by atoms with Crippen LogP contribution in [0.5, 0.6) is 0 Å². The first-order valence-corrected chi connectivity index (χ1v) is 37.4. The minimum Gasteiger partial charge on any atom is -0.394 e. The number of aliphatic hydroxyl groups excluding tert-OH is 5. The van der Waals surface area contributed by atoms with Crippen molar-refractivity contribution in [1.82, 2.24) is 5.32 Å². The molecule has 1 rings (SSSR count). The normalized spacial score (nSPS) is 18.3. The maximum atomic E-state index is 13.2. The van der Waals surface area contributed by atoms with Crippen molar-refractivity contribution in [2.75, 3.05) is 13.2 Å². The van der Waals surface area contributed by atoms with Gasteiger partial charge >= 0.3 is 0 Å². The molecule has 85 heavy (non-hydrogen) atoms. The molecule has 0 aliphatic carbocycles. The number of nitrogens with one attached hydrogen (secondary N) is 1.